The van der Waals surface area contributed by atoms with Gasteiger partial charge in [-0.3, -0.25) is 9.59 Å². The number of ketones is 1. The van der Waals surface area contributed by atoms with Gasteiger partial charge < -0.3 is 20.1 Å². The van der Waals surface area contributed by atoms with Gasteiger partial charge >= 0.3 is 5.97 Å². The highest BCUT2D eigenvalue weighted by atomic mass is 16.5. The molecule has 2 rings (SSSR count). The third kappa shape index (κ3) is 3.73. The van der Waals surface area contributed by atoms with E-state index in [9.17, 15) is 24.9 Å². The molecule has 27 heavy (non-hydrogen) atoms. The van der Waals surface area contributed by atoms with E-state index in [4.69, 9.17) is 4.74 Å². The number of rotatable bonds is 9. The average Bonchev–Trinajstić information content (AvgIpc) is 2.67. The Bertz CT molecular complexity index is 685. The van der Waals surface area contributed by atoms with Gasteiger partial charge in [0.15, 0.2) is 0 Å². The van der Waals surface area contributed by atoms with Crippen molar-refractivity contribution in [3.63, 3.8) is 0 Å². The van der Waals surface area contributed by atoms with Crippen LogP contribution in [0.4, 0.5) is 0 Å². The lowest BCUT2D eigenvalue weighted by Gasteiger charge is -2.45. The van der Waals surface area contributed by atoms with E-state index < -0.39 is 35.9 Å². The predicted molar refractivity (Wildman–Crippen MR) is 101 cm³/mol. The molecule has 0 bridgehead atoms. The number of hydrogen-bond donors (Lipinski definition) is 3. The highest BCUT2D eigenvalue weighted by Gasteiger charge is 2.56. The van der Waals surface area contributed by atoms with E-state index in [0.29, 0.717) is 30.6 Å². The third-order valence-electron chi connectivity index (χ3n) is 6.04. The smallest absolute Gasteiger partial charge is 0.311 e. The first-order valence-electron chi connectivity index (χ1n) is 9.59. The maximum atomic E-state index is 13.0. The fourth-order valence-electron chi connectivity index (χ4n) is 4.68. The minimum absolute atomic E-state index is 0.133. The number of benzene rings is 1. The number of carboxylic acid groups (broad SMARTS) is 1. The number of carboxylic acids is 1. The second kappa shape index (κ2) is 8.85. The van der Waals surface area contributed by atoms with Gasteiger partial charge in [0, 0.05) is 12.3 Å². The van der Waals surface area contributed by atoms with Gasteiger partial charge in [0.2, 0.25) is 0 Å². The quantitative estimate of drug-likeness (QED) is 0.610. The second-order valence-electron chi connectivity index (χ2n) is 7.31. The molecule has 0 aromatic heterocycles. The summed E-state index contributed by atoms with van der Waals surface area (Å²) in [4.78, 5) is 25.7. The Hall–Kier alpha value is -1.92. The zero-order chi connectivity index (χ0) is 20.2. The van der Waals surface area contributed by atoms with Crippen molar-refractivity contribution in [2.75, 3.05) is 13.7 Å². The number of aryl methyl sites for hydroxylation is 1. The van der Waals surface area contributed by atoms with Crippen LogP contribution in [-0.2, 0) is 16.0 Å². The summed E-state index contributed by atoms with van der Waals surface area (Å²) in [6, 6.07) is 5.44. The van der Waals surface area contributed by atoms with Crippen LogP contribution in [0.25, 0.3) is 0 Å². The molecule has 3 N–H and O–H groups in total. The molecule has 6 nitrogen and oxygen atoms in total. The van der Waals surface area contributed by atoms with Crippen molar-refractivity contribution in [3.05, 3.63) is 29.3 Å². The number of carbonyl (C=O) groups excluding carboxylic acids is 1. The summed E-state index contributed by atoms with van der Waals surface area (Å²) < 4.78 is 5.30. The Balaban J connectivity index is 2.73. The van der Waals surface area contributed by atoms with Crippen molar-refractivity contribution in [1.82, 2.24) is 0 Å². The molecule has 1 aliphatic rings. The molecular weight excluding hydrogens is 348 g/mol. The van der Waals surface area contributed by atoms with Crippen LogP contribution in [0.2, 0.25) is 0 Å². The molecule has 0 fully saturated rings. The van der Waals surface area contributed by atoms with Gasteiger partial charge in [-0.2, -0.15) is 0 Å². The van der Waals surface area contributed by atoms with Crippen LogP contribution in [0.5, 0.6) is 5.75 Å². The fraction of sp³-hybridized carbons (Fsp3) is 0.619. The highest BCUT2D eigenvalue weighted by Crippen LogP contribution is 2.52. The van der Waals surface area contributed by atoms with Crippen LogP contribution in [0.3, 0.4) is 0 Å². The minimum Gasteiger partial charge on any atom is -0.497 e. The van der Waals surface area contributed by atoms with Gasteiger partial charge in [-0.1, -0.05) is 26.3 Å². The number of hydrogen-bond acceptors (Lipinski definition) is 5. The predicted octanol–water partition coefficient (Wildman–Crippen LogP) is 2.54. The van der Waals surface area contributed by atoms with E-state index >= 15 is 0 Å². The first-order chi connectivity index (χ1) is 12.9. The summed E-state index contributed by atoms with van der Waals surface area (Å²) in [5, 5.41) is 30.4. The van der Waals surface area contributed by atoms with Crippen LogP contribution in [-0.4, -0.2) is 46.9 Å². The van der Waals surface area contributed by atoms with Gasteiger partial charge in [0.25, 0.3) is 0 Å². The van der Waals surface area contributed by atoms with Gasteiger partial charge in [-0.05, 0) is 42.5 Å². The summed E-state index contributed by atoms with van der Waals surface area (Å²) in [6.45, 7) is 3.10. The zero-order valence-electron chi connectivity index (χ0n) is 16.3. The van der Waals surface area contributed by atoms with Crippen molar-refractivity contribution in [3.8, 4) is 5.75 Å². The molecular formula is C21H30O6. The number of ether oxygens (including phenoxy) is 1. The first-order valence-corrected chi connectivity index (χ1v) is 9.59. The topological polar surface area (TPSA) is 104 Å². The Morgan fingerprint density at radius 3 is 2.56 bits per heavy atom. The SMILES string of the molecule is CCCC(C(O)CO)C(CC)(C(=O)O)C1C(=O)CCc2ccc(OC)cc21. The molecule has 0 amide bonds. The minimum atomic E-state index is -1.49. The number of Topliss-reactive ketones (excluding diaryl/α,β-unsaturated/α-hetero) is 1. The summed E-state index contributed by atoms with van der Waals surface area (Å²) in [5.41, 5.74) is 0.117. The molecule has 1 aromatic carbocycles. The van der Waals surface area contributed by atoms with E-state index in [1.165, 1.54) is 7.11 Å². The molecule has 0 saturated carbocycles. The number of fused-ring (bicyclic) bond motifs is 1. The molecule has 0 heterocycles. The van der Waals surface area contributed by atoms with Gasteiger partial charge in [-0.25, -0.2) is 0 Å². The van der Waals surface area contributed by atoms with E-state index in [1.807, 2.05) is 19.1 Å². The summed E-state index contributed by atoms with van der Waals surface area (Å²) >= 11 is 0. The molecule has 0 saturated heterocycles. The van der Waals surface area contributed by atoms with Crippen molar-refractivity contribution < 1.29 is 29.6 Å². The van der Waals surface area contributed by atoms with Gasteiger partial charge in [0.05, 0.1) is 31.2 Å². The van der Waals surface area contributed by atoms with Crippen molar-refractivity contribution in [2.24, 2.45) is 11.3 Å². The number of methoxy groups -OCH3 is 1. The van der Waals surface area contributed by atoms with Crippen LogP contribution in [0, 0.1) is 11.3 Å². The van der Waals surface area contributed by atoms with E-state index in [0.717, 1.165) is 5.56 Å². The Morgan fingerprint density at radius 2 is 2.04 bits per heavy atom. The molecule has 0 radical (unpaired) electrons. The Labute approximate surface area is 160 Å². The lowest BCUT2D eigenvalue weighted by molar-refractivity contribution is -0.164. The molecule has 1 aromatic rings. The van der Waals surface area contributed by atoms with E-state index in [2.05, 4.69) is 0 Å². The summed E-state index contributed by atoms with van der Waals surface area (Å²) in [6.07, 6.45) is 0.858. The van der Waals surface area contributed by atoms with Crippen molar-refractivity contribution in [2.45, 2.75) is 58.0 Å². The fourth-order valence-corrected chi connectivity index (χ4v) is 4.68. The van der Waals surface area contributed by atoms with Crippen LogP contribution >= 0.6 is 0 Å². The molecule has 6 heteroatoms. The number of carbonyl (C=O) groups is 2. The van der Waals surface area contributed by atoms with Crippen LogP contribution in [0.15, 0.2) is 18.2 Å². The number of aliphatic carboxylic acids is 1. The number of aliphatic hydroxyl groups is 2. The molecule has 4 unspecified atom stereocenters. The van der Waals surface area contributed by atoms with E-state index in [-0.39, 0.29) is 18.6 Å². The molecule has 0 aliphatic heterocycles. The maximum Gasteiger partial charge on any atom is 0.311 e. The largest absolute Gasteiger partial charge is 0.497 e. The van der Waals surface area contributed by atoms with Gasteiger partial charge in [0.1, 0.15) is 11.5 Å². The zero-order valence-corrected chi connectivity index (χ0v) is 16.3. The molecule has 4 atom stereocenters. The summed E-state index contributed by atoms with van der Waals surface area (Å²) in [5.74, 6) is -2.28. The van der Waals surface area contributed by atoms with Crippen LogP contribution < -0.4 is 4.74 Å². The van der Waals surface area contributed by atoms with E-state index in [1.54, 1.807) is 13.0 Å². The standard InChI is InChI=1S/C21H30O6/c1-4-6-16(18(24)12-22)21(5-2,20(25)26)19-15-11-14(27-3)9-7-13(15)8-10-17(19)23/h7,9,11,16,18-19,22,24H,4-6,8,10,12H2,1-3H3,(H,25,26). The van der Waals surface area contributed by atoms with Crippen molar-refractivity contribution >= 4 is 11.8 Å². The lowest BCUT2D eigenvalue weighted by atomic mass is 9.56. The van der Waals surface area contributed by atoms with Crippen molar-refractivity contribution in [1.29, 1.82) is 0 Å². The first kappa shape index (κ1) is 21.4. The molecule has 1 aliphatic carbocycles. The Kier molecular flexibility index (Phi) is 7.00. The molecule has 0 spiro atoms. The third-order valence-corrected chi connectivity index (χ3v) is 6.04. The molecule has 150 valence electrons. The maximum absolute atomic E-state index is 13.0. The highest BCUT2D eigenvalue weighted by molar-refractivity contribution is 5.94. The van der Waals surface area contributed by atoms with Crippen LogP contribution in [0.1, 0.15) is 56.6 Å². The number of aliphatic hydroxyl groups excluding tert-OH is 2. The summed E-state index contributed by atoms with van der Waals surface area (Å²) in [7, 11) is 1.53. The average molecular weight is 378 g/mol. The normalized spacial score (nSPS) is 21.1. The lowest BCUT2D eigenvalue weighted by Crippen LogP contribution is -2.52. The van der Waals surface area contributed by atoms with Gasteiger partial charge in [-0.15, -0.1) is 0 Å². The monoisotopic (exact) mass is 378 g/mol. The Morgan fingerprint density at radius 1 is 1.33 bits per heavy atom. The second-order valence-corrected chi connectivity index (χ2v) is 7.31.